The second kappa shape index (κ2) is 5.69. The highest BCUT2D eigenvalue weighted by Gasteiger charge is 2.36. The lowest BCUT2D eigenvalue weighted by Crippen LogP contribution is -2.50. The van der Waals surface area contributed by atoms with Crippen LogP contribution >= 0.6 is 0 Å². The third-order valence-corrected chi connectivity index (χ3v) is 4.92. The molecule has 0 aliphatic carbocycles. The first-order valence-corrected chi connectivity index (χ1v) is 7.82. The van der Waals surface area contributed by atoms with Gasteiger partial charge in [-0.15, -0.1) is 0 Å². The molecule has 0 spiro atoms. The first-order valence-electron chi connectivity index (χ1n) is 7.82. The molecule has 0 radical (unpaired) electrons. The van der Waals surface area contributed by atoms with Crippen molar-refractivity contribution < 1.29 is 18.0 Å². The molecule has 1 N–H and O–H groups in total. The zero-order valence-electron chi connectivity index (χ0n) is 12.5. The van der Waals surface area contributed by atoms with Gasteiger partial charge in [0.05, 0.1) is 5.56 Å². The number of carbonyl (C=O) groups is 1. The normalized spacial score (nSPS) is 28.5. The maximum atomic E-state index is 12.9. The van der Waals surface area contributed by atoms with Gasteiger partial charge in [0.25, 0.3) is 0 Å². The van der Waals surface area contributed by atoms with Crippen molar-refractivity contribution in [1.82, 2.24) is 5.32 Å². The van der Waals surface area contributed by atoms with Gasteiger partial charge in [-0.25, -0.2) is 0 Å². The summed E-state index contributed by atoms with van der Waals surface area (Å²) in [4.78, 5) is 12.7. The molecule has 3 rings (SSSR count). The number of piperidine rings is 2. The van der Waals surface area contributed by atoms with Crippen molar-refractivity contribution in [2.45, 2.75) is 57.3 Å². The lowest BCUT2D eigenvalue weighted by molar-refractivity contribution is -0.137. The Morgan fingerprint density at radius 3 is 2.41 bits per heavy atom. The molecule has 2 bridgehead atoms. The quantitative estimate of drug-likeness (QED) is 0.833. The third-order valence-electron chi connectivity index (χ3n) is 4.92. The smallest absolute Gasteiger partial charge is 0.311 e. The van der Waals surface area contributed by atoms with E-state index < -0.39 is 11.7 Å². The van der Waals surface area contributed by atoms with Gasteiger partial charge in [-0.1, -0.05) is 12.5 Å². The number of hydrogen-bond donors (Lipinski definition) is 1. The van der Waals surface area contributed by atoms with E-state index in [9.17, 15) is 18.0 Å². The van der Waals surface area contributed by atoms with Gasteiger partial charge in [0.1, 0.15) is 0 Å². The number of benzene rings is 1. The Bertz CT molecular complexity index is 570. The molecule has 0 aromatic heterocycles. The third kappa shape index (κ3) is 3.05. The van der Waals surface area contributed by atoms with E-state index in [0.29, 0.717) is 17.6 Å². The van der Waals surface area contributed by atoms with E-state index in [0.717, 1.165) is 37.8 Å². The Labute approximate surface area is 128 Å². The van der Waals surface area contributed by atoms with E-state index in [4.69, 9.17) is 0 Å². The Hall–Kier alpha value is -1.36. The summed E-state index contributed by atoms with van der Waals surface area (Å²) in [6.45, 7) is 1.70. The van der Waals surface area contributed by atoms with Gasteiger partial charge in [0.2, 0.25) is 0 Å². The second-order valence-electron chi connectivity index (χ2n) is 6.55. The molecule has 1 aromatic rings. The van der Waals surface area contributed by atoms with Crippen molar-refractivity contribution in [3.8, 4) is 0 Å². The van der Waals surface area contributed by atoms with Crippen LogP contribution in [0.25, 0.3) is 0 Å². The van der Waals surface area contributed by atoms with Crippen LogP contribution in [0.4, 0.5) is 13.2 Å². The van der Waals surface area contributed by atoms with Crippen LogP contribution in [0.5, 0.6) is 0 Å². The minimum atomic E-state index is -4.41. The number of carbonyl (C=O) groups excluding carboxylic acids is 1. The molecule has 2 atom stereocenters. The van der Waals surface area contributed by atoms with Crippen molar-refractivity contribution in [2.75, 3.05) is 0 Å². The molecular weight excluding hydrogens is 291 g/mol. The zero-order chi connectivity index (χ0) is 15.9. The molecule has 120 valence electrons. The van der Waals surface area contributed by atoms with Gasteiger partial charge in [0, 0.05) is 23.6 Å². The van der Waals surface area contributed by atoms with Crippen LogP contribution in [0, 0.1) is 12.8 Å². The minimum absolute atomic E-state index is 0.123. The van der Waals surface area contributed by atoms with Crippen LogP contribution in [0.1, 0.15) is 53.6 Å². The van der Waals surface area contributed by atoms with Gasteiger partial charge >= 0.3 is 6.18 Å². The number of fused-ring (bicyclic) bond motifs is 2. The predicted octanol–water partition coefficient (Wildman–Crippen LogP) is 4.12. The number of alkyl halides is 3. The molecule has 2 fully saturated rings. The topological polar surface area (TPSA) is 29.1 Å². The van der Waals surface area contributed by atoms with Crippen molar-refractivity contribution in [1.29, 1.82) is 0 Å². The number of Topliss-reactive ketones (excluding diaryl/α,β-unsaturated/α-hetero) is 1. The van der Waals surface area contributed by atoms with Crippen molar-refractivity contribution in [2.24, 2.45) is 5.92 Å². The van der Waals surface area contributed by atoms with Crippen LogP contribution in [0.3, 0.4) is 0 Å². The molecule has 2 aliphatic heterocycles. The lowest BCUT2D eigenvalue weighted by atomic mass is 9.76. The molecule has 5 heteroatoms. The Balaban J connectivity index is 1.85. The van der Waals surface area contributed by atoms with Crippen LogP contribution in [0.15, 0.2) is 18.2 Å². The van der Waals surface area contributed by atoms with Crippen molar-refractivity contribution in [3.63, 3.8) is 0 Å². The molecule has 2 unspecified atom stereocenters. The van der Waals surface area contributed by atoms with Crippen LogP contribution < -0.4 is 5.32 Å². The fourth-order valence-electron chi connectivity index (χ4n) is 3.76. The average Bonchev–Trinajstić information content (AvgIpc) is 2.45. The summed E-state index contributed by atoms with van der Waals surface area (Å²) >= 11 is 0. The van der Waals surface area contributed by atoms with Gasteiger partial charge in [-0.2, -0.15) is 13.2 Å². The zero-order valence-corrected chi connectivity index (χ0v) is 12.5. The van der Waals surface area contributed by atoms with E-state index in [-0.39, 0.29) is 17.3 Å². The van der Waals surface area contributed by atoms with E-state index in [1.807, 2.05) is 0 Å². The molecule has 1 aromatic carbocycles. The molecule has 2 aliphatic rings. The van der Waals surface area contributed by atoms with Crippen LogP contribution in [-0.4, -0.2) is 17.9 Å². The fraction of sp³-hybridized carbons (Fsp3) is 0.588. The van der Waals surface area contributed by atoms with Gasteiger partial charge < -0.3 is 5.32 Å². The molecule has 2 saturated heterocycles. The standard InChI is InChI=1S/C17H20F3NO/c1-10-5-6-12(17(18,19)20)9-15(10)16(22)11-7-13-3-2-4-14(8-11)21-13/h5-6,9,11,13-14,21H,2-4,7-8H2,1H3. The molecule has 0 saturated carbocycles. The summed E-state index contributed by atoms with van der Waals surface area (Å²) < 4.78 is 38.6. The van der Waals surface area contributed by atoms with E-state index in [1.165, 1.54) is 12.5 Å². The fourth-order valence-corrected chi connectivity index (χ4v) is 3.76. The molecule has 0 amide bonds. The minimum Gasteiger partial charge on any atom is -0.311 e. The maximum Gasteiger partial charge on any atom is 0.416 e. The van der Waals surface area contributed by atoms with Gasteiger partial charge in [0.15, 0.2) is 5.78 Å². The van der Waals surface area contributed by atoms with Gasteiger partial charge in [-0.3, -0.25) is 4.79 Å². The molecule has 22 heavy (non-hydrogen) atoms. The van der Waals surface area contributed by atoms with Crippen molar-refractivity contribution >= 4 is 5.78 Å². The number of ketones is 1. The predicted molar refractivity (Wildman–Crippen MR) is 77.8 cm³/mol. The molecular formula is C17H20F3NO. The summed E-state index contributed by atoms with van der Waals surface area (Å²) in [5.74, 6) is -0.277. The number of rotatable bonds is 2. The summed E-state index contributed by atoms with van der Waals surface area (Å²) in [7, 11) is 0. The Morgan fingerprint density at radius 2 is 1.82 bits per heavy atom. The molecule has 2 nitrogen and oxygen atoms in total. The summed E-state index contributed by atoms with van der Waals surface area (Å²) in [6.07, 6.45) is 0.360. The van der Waals surface area contributed by atoms with Crippen LogP contribution in [0.2, 0.25) is 0 Å². The van der Waals surface area contributed by atoms with E-state index in [2.05, 4.69) is 5.32 Å². The first-order chi connectivity index (χ1) is 10.3. The van der Waals surface area contributed by atoms with Crippen LogP contribution in [-0.2, 0) is 6.18 Å². The van der Waals surface area contributed by atoms with Gasteiger partial charge in [-0.05, 0) is 50.3 Å². The summed E-state index contributed by atoms with van der Waals surface area (Å²) in [6, 6.07) is 4.15. The van der Waals surface area contributed by atoms with E-state index in [1.54, 1.807) is 6.92 Å². The van der Waals surface area contributed by atoms with Crippen molar-refractivity contribution in [3.05, 3.63) is 34.9 Å². The maximum absolute atomic E-state index is 12.9. The summed E-state index contributed by atoms with van der Waals surface area (Å²) in [5.41, 5.74) is 0.122. The largest absolute Gasteiger partial charge is 0.416 e. The molecule has 2 heterocycles. The number of hydrogen-bond acceptors (Lipinski definition) is 2. The lowest BCUT2D eigenvalue weighted by Gasteiger charge is -2.40. The average molecular weight is 311 g/mol. The second-order valence-corrected chi connectivity index (χ2v) is 6.55. The number of aryl methyl sites for hydroxylation is 1. The first kappa shape index (κ1) is 15.5. The highest BCUT2D eigenvalue weighted by molar-refractivity contribution is 5.99. The monoisotopic (exact) mass is 311 g/mol. The number of halogens is 3. The number of nitrogens with one attached hydrogen (secondary N) is 1. The SMILES string of the molecule is Cc1ccc(C(F)(F)F)cc1C(=O)C1CC2CCCC(C1)N2. The summed E-state index contributed by atoms with van der Waals surface area (Å²) in [5, 5.41) is 3.51. The Morgan fingerprint density at radius 1 is 1.18 bits per heavy atom. The highest BCUT2D eigenvalue weighted by Crippen LogP contribution is 2.34. The van der Waals surface area contributed by atoms with E-state index >= 15 is 0 Å². The highest BCUT2D eigenvalue weighted by atomic mass is 19.4. The Kier molecular flexibility index (Phi) is 4.02.